The van der Waals surface area contributed by atoms with Crippen molar-refractivity contribution in [2.75, 3.05) is 19.6 Å². The Morgan fingerprint density at radius 1 is 1.20 bits per heavy atom. The van der Waals surface area contributed by atoms with E-state index in [1.165, 1.54) is 49.2 Å². The summed E-state index contributed by atoms with van der Waals surface area (Å²) in [5, 5.41) is 3.48. The van der Waals surface area contributed by atoms with E-state index in [1.807, 2.05) is 0 Å². The lowest BCUT2D eigenvalue weighted by atomic mass is 10.00. The molecule has 1 aliphatic rings. The maximum Gasteiger partial charge on any atom is 0.0239 e. The van der Waals surface area contributed by atoms with E-state index in [1.54, 1.807) is 0 Å². The standard InChI is InChI=1S/C18H30N2/c1-14(2)12-20(18-7-9-19-10-8-18)13-17-11-15(3)5-6-16(17)4/h5-6,11,14,18-19H,7-10,12-13H2,1-4H3. The van der Waals surface area contributed by atoms with Crippen LogP contribution in [0.25, 0.3) is 0 Å². The molecule has 1 heterocycles. The second-order valence-electron chi connectivity index (χ2n) is 6.73. The molecule has 0 amide bonds. The third kappa shape index (κ3) is 4.32. The van der Waals surface area contributed by atoms with Crippen molar-refractivity contribution in [1.29, 1.82) is 0 Å². The van der Waals surface area contributed by atoms with Crippen LogP contribution in [0.15, 0.2) is 18.2 Å². The Bertz CT molecular complexity index is 419. The van der Waals surface area contributed by atoms with Gasteiger partial charge in [0.1, 0.15) is 0 Å². The quantitative estimate of drug-likeness (QED) is 0.884. The Kier molecular flexibility index (Phi) is 5.62. The average Bonchev–Trinajstić information content (AvgIpc) is 2.42. The van der Waals surface area contributed by atoms with Gasteiger partial charge >= 0.3 is 0 Å². The number of hydrogen-bond acceptors (Lipinski definition) is 2. The molecule has 0 bridgehead atoms. The van der Waals surface area contributed by atoms with Crippen molar-refractivity contribution >= 4 is 0 Å². The monoisotopic (exact) mass is 274 g/mol. The average molecular weight is 274 g/mol. The van der Waals surface area contributed by atoms with Crippen LogP contribution in [-0.4, -0.2) is 30.6 Å². The zero-order valence-electron chi connectivity index (χ0n) is 13.6. The van der Waals surface area contributed by atoms with Gasteiger partial charge in [-0.3, -0.25) is 4.90 Å². The molecule has 2 rings (SSSR count). The first-order valence-electron chi connectivity index (χ1n) is 8.07. The van der Waals surface area contributed by atoms with Gasteiger partial charge in [0, 0.05) is 19.1 Å². The Labute approximate surface area is 124 Å². The fourth-order valence-electron chi connectivity index (χ4n) is 3.17. The summed E-state index contributed by atoms with van der Waals surface area (Å²) in [6, 6.07) is 7.60. The van der Waals surface area contributed by atoms with Crippen molar-refractivity contribution in [3.63, 3.8) is 0 Å². The van der Waals surface area contributed by atoms with E-state index < -0.39 is 0 Å². The molecule has 0 aromatic heterocycles. The first-order chi connectivity index (χ1) is 9.56. The molecule has 1 saturated heterocycles. The number of benzene rings is 1. The van der Waals surface area contributed by atoms with Gasteiger partial charge in [0.2, 0.25) is 0 Å². The van der Waals surface area contributed by atoms with Crippen LogP contribution in [0.2, 0.25) is 0 Å². The third-order valence-corrected chi connectivity index (χ3v) is 4.30. The van der Waals surface area contributed by atoms with Gasteiger partial charge in [-0.05, 0) is 56.8 Å². The van der Waals surface area contributed by atoms with Crippen LogP contribution in [0.4, 0.5) is 0 Å². The molecule has 0 radical (unpaired) electrons. The first kappa shape index (κ1) is 15.5. The van der Waals surface area contributed by atoms with Crippen molar-refractivity contribution in [1.82, 2.24) is 10.2 Å². The highest BCUT2D eigenvalue weighted by molar-refractivity contribution is 5.30. The number of rotatable bonds is 5. The molecule has 1 aliphatic heterocycles. The molecule has 2 nitrogen and oxygen atoms in total. The molecule has 1 aromatic carbocycles. The van der Waals surface area contributed by atoms with Gasteiger partial charge in [-0.15, -0.1) is 0 Å². The summed E-state index contributed by atoms with van der Waals surface area (Å²) in [5.74, 6) is 0.731. The minimum atomic E-state index is 0.731. The molecular weight excluding hydrogens is 244 g/mol. The van der Waals surface area contributed by atoms with Crippen LogP contribution in [0, 0.1) is 19.8 Å². The summed E-state index contributed by atoms with van der Waals surface area (Å²) in [5.41, 5.74) is 4.31. The molecule has 1 aromatic rings. The molecule has 0 unspecified atom stereocenters. The van der Waals surface area contributed by atoms with Crippen molar-refractivity contribution in [3.8, 4) is 0 Å². The molecule has 2 heteroatoms. The molecule has 1 N–H and O–H groups in total. The lowest BCUT2D eigenvalue weighted by Gasteiger charge is -2.36. The van der Waals surface area contributed by atoms with Gasteiger partial charge in [-0.2, -0.15) is 0 Å². The lowest BCUT2D eigenvalue weighted by Crippen LogP contribution is -2.44. The maximum atomic E-state index is 3.48. The van der Waals surface area contributed by atoms with Gasteiger partial charge < -0.3 is 5.32 Å². The van der Waals surface area contributed by atoms with Gasteiger partial charge in [0.25, 0.3) is 0 Å². The van der Waals surface area contributed by atoms with Crippen LogP contribution in [0.5, 0.6) is 0 Å². The Morgan fingerprint density at radius 2 is 1.90 bits per heavy atom. The minimum Gasteiger partial charge on any atom is -0.317 e. The molecule has 112 valence electrons. The Hall–Kier alpha value is -0.860. The fraction of sp³-hybridized carbons (Fsp3) is 0.667. The van der Waals surface area contributed by atoms with E-state index in [0.717, 1.165) is 18.5 Å². The summed E-state index contributed by atoms with van der Waals surface area (Å²) >= 11 is 0. The summed E-state index contributed by atoms with van der Waals surface area (Å²) in [6.45, 7) is 13.8. The second-order valence-corrected chi connectivity index (χ2v) is 6.73. The summed E-state index contributed by atoms with van der Waals surface area (Å²) in [7, 11) is 0. The Morgan fingerprint density at radius 3 is 2.55 bits per heavy atom. The predicted molar refractivity (Wildman–Crippen MR) is 87.1 cm³/mol. The normalized spacial score (nSPS) is 17.1. The molecule has 20 heavy (non-hydrogen) atoms. The lowest BCUT2D eigenvalue weighted by molar-refractivity contribution is 0.137. The molecule has 0 atom stereocenters. The van der Waals surface area contributed by atoms with Crippen LogP contribution in [0.1, 0.15) is 43.4 Å². The van der Waals surface area contributed by atoms with Crippen molar-refractivity contribution in [2.24, 2.45) is 5.92 Å². The van der Waals surface area contributed by atoms with Gasteiger partial charge in [-0.1, -0.05) is 37.6 Å². The van der Waals surface area contributed by atoms with Crippen LogP contribution < -0.4 is 5.32 Å². The van der Waals surface area contributed by atoms with Crippen molar-refractivity contribution in [2.45, 2.75) is 53.1 Å². The zero-order chi connectivity index (χ0) is 14.5. The largest absolute Gasteiger partial charge is 0.317 e. The smallest absolute Gasteiger partial charge is 0.0239 e. The molecule has 0 aliphatic carbocycles. The SMILES string of the molecule is Cc1ccc(C)c(CN(CC(C)C)C2CCNCC2)c1. The van der Waals surface area contributed by atoms with E-state index in [4.69, 9.17) is 0 Å². The fourth-order valence-corrected chi connectivity index (χ4v) is 3.17. The summed E-state index contributed by atoms with van der Waals surface area (Å²) < 4.78 is 0. The first-order valence-corrected chi connectivity index (χ1v) is 8.07. The van der Waals surface area contributed by atoms with Crippen LogP contribution >= 0.6 is 0 Å². The maximum absolute atomic E-state index is 3.48. The van der Waals surface area contributed by atoms with E-state index in [0.29, 0.717) is 0 Å². The van der Waals surface area contributed by atoms with Crippen molar-refractivity contribution in [3.05, 3.63) is 34.9 Å². The van der Waals surface area contributed by atoms with E-state index in [-0.39, 0.29) is 0 Å². The molecule has 1 fully saturated rings. The topological polar surface area (TPSA) is 15.3 Å². The van der Waals surface area contributed by atoms with Crippen LogP contribution in [-0.2, 0) is 6.54 Å². The van der Waals surface area contributed by atoms with E-state index in [9.17, 15) is 0 Å². The summed E-state index contributed by atoms with van der Waals surface area (Å²) in [6.07, 6.45) is 2.58. The zero-order valence-corrected chi connectivity index (χ0v) is 13.6. The molecule has 0 spiro atoms. The third-order valence-electron chi connectivity index (χ3n) is 4.30. The Balaban J connectivity index is 2.11. The van der Waals surface area contributed by atoms with Crippen LogP contribution in [0.3, 0.4) is 0 Å². The molecular formula is C18H30N2. The predicted octanol–water partition coefficient (Wildman–Crippen LogP) is 3.51. The molecule has 0 saturated carbocycles. The highest BCUT2D eigenvalue weighted by Gasteiger charge is 2.22. The van der Waals surface area contributed by atoms with Gasteiger partial charge in [-0.25, -0.2) is 0 Å². The van der Waals surface area contributed by atoms with Gasteiger partial charge in [0.15, 0.2) is 0 Å². The van der Waals surface area contributed by atoms with E-state index in [2.05, 4.69) is 56.1 Å². The number of hydrogen-bond donors (Lipinski definition) is 1. The summed E-state index contributed by atoms with van der Waals surface area (Å²) in [4.78, 5) is 2.72. The number of nitrogens with one attached hydrogen (secondary N) is 1. The second kappa shape index (κ2) is 7.24. The minimum absolute atomic E-state index is 0.731. The van der Waals surface area contributed by atoms with E-state index >= 15 is 0 Å². The highest BCUT2D eigenvalue weighted by Crippen LogP contribution is 2.20. The number of aryl methyl sites for hydroxylation is 2. The van der Waals surface area contributed by atoms with Gasteiger partial charge in [0.05, 0.1) is 0 Å². The number of nitrogens with zero attached hydrogens (tertiary/aromatic N) is 1. The number of piperidine rings is 1. The van der Waals surface area contributed by atoms with Crippen molar-refractivity contribution < 1.29 is 0 Å². The highest BCUT2D eigenvalue weighted by atomic mass is 15.2.